The quantitative estimate of drug-likeness (QED) is 0.654. The number of benzene rings is 1. The third kappa shape index (κ3) is 3.94. The van der Waals surface area contributed by atoms with E-state index in [1.165, 1.54) is 11.3 Å². The van der Waals surface area contributed by atoms with Crippen LogP contribution in [-0.2, 0) is 16.0 Å². The lowest BCUT2D eigenvalue weighted by Gasteiger charge is -2.07. The van der Waals surface area contributed by atoms with E-state index in [1.54, 1.807) is 6.07 Å². The predicted octanol–water partition coefficient (Wildman–Crippen LogP) is 3.83. The van der Waals surface area contributed by atoms with E-state index in [0.717, 1.165) is 22.9 Å². The van der Waals surface area contributed by atoms with Gasteiger partial charge in [-0.15, -0.1) is 11.3 Å². The van der Waals surface area contributed by atoms with Gasteiger partial charge in [0.1, 0.15) is 4.88 Å². The summed E-state index contributed by atoms with van der Waals surface area (Å²) < 4.78 is 44.1. The number of aryl methyl sites for hydroxylation is 2. The molecule has 0 aliphatic carbocycles. The summed E-state index contributed by atoms with van der Waals surface area (Å²) in [5.41, 5.74) is 0.482. The fraction of sp³-hybridized carbons (Fsp3) is 0.250. The minimum absolute atomic E-state index is 0.358. The average Bonchev–Trinajstić information content (AvgIpc) is 2.94. The smallest absolute Gasteiger partial charge is 0.348 e. The molecule has 0 aliphatic rings. The third-order valence-electron chi connectivity index (χ3n) is 3.25. The Morgan fingerprint density at radius 1 is 1.21 bits per heavy atom. The largest absolute Gasteiger partial charge is 0.451 e. The van der Waals surface area contributed by atoms with Crippen molar-refractivity contribution >= 4 is 28.9 Å². The van der Waals surface area contributed by atoms with Crippen molar-refractivity contribution in [3.8, 4) is 0 Å². The van der Waals surface area contributed by atoms with Crippen molar-refractivity contribution in [1.29, 1.82) is 0 Å². The van der Waals surface area contributed by atoms with Crippen LogP contribution in [-0.4, -0.2) is 18.5 Å². The van der Waals surface area contributed by atoms with Gasteiger partial charge in [-0.25, -0.2) is 18.0 Å². The third-order valence-corrected chi connectivity index (χ3v) is 4.32. The molecule has 0 atom stereocenters. The summed E-state index contributed by atoms with van der Waals surface area (Å²) in [5.74, 6) is -6.11. The highest BCUT2D eigenvalue weighted by Crippen LogP contribution is 2.23. The summed E-state index contributed by atoms with van der Waals surface area (Å²) in [6.45, 7) is 3.16. The van der Waals surface area contributed by atoms with E-state index in [-0.39, 0.29) is 0 Å². The monoisotopic (exact) mass is 357 g/mol. The summed E-state index contributed by atoms with van der Waals surface area (Å²) in [5, 5.41) is 2.02. The number of halogens is 3. The van der Waals surface area contributed by atoms with Crippen molar-refractivity contribution in [2.45, 2.75) is 20.3 Å². The molecule has 1 aromatic carbocycles. The average molecular weight is 357 g/mol. The Hall–Kier alpha value is -2.35. The normalized spacial score (nSPS) is 10.5. The van der Waals surface area contributed by atoms with E-state index >= 15 is 0 Å². The second-order valence-corrected chi connectivity index (χ2v) is 6.15. The first-order chi connectivity index (χ1) is 11.3. The lowest BCUT2D eigenvalue weighted by atomic mass is 10.2. The first kappa shape index (κ1) is 18.0. The zero-order chi connectivity index (χ0) is 17.9. The molecule has 2 aromatic rings. The molecule has 0 saturated heterocycles. The molecule has 2 rings (SSSR count). The highest BCUT2D eigenvalue weighted by molar-refractivity contribution is 7.14. The van der Waals surface area contributed by atoms with Crippen LogP contribution in [0.5, 0.6) is 0 Å². The molecule has 0 saturated carbocycles. The van der Waals surface area contributed by atoms with Crippen molar-refractivity contribution in [2.24, 2.45) is 0 Å². The SMILES string of the molecule is CCc1cc(C(=O)OCC(=O)Nc2ccc(F)c(F)c2F)sc1C. The minimum Gasteiger partial charge on any atom is -0.451 e. The van der Waals surface area contributed by atoms with Gasteiger partial charge in [-0.2, -0.15) is 0 Å². The minimum atomic E-state index is -1.69. The maximum atomic E-state index is 13.4. The van der Waals surface area contributed by atoms with Crippen LogP contribution in [0.3, 0.4) is 0 Å². The first-order valence-electron chi connectivity index (χ1n) is 7.03. The van der Waals surface area contributed by atoms with Gasteiger partial charge in [-0.3, -0.25) is 4.79 Å². The summed E-state index contributed by atoms with van der Waals surface area (Å²) in [6.07, 6.45) is 0.769. The molecule has 1 aromatic heterocycles. The number of carbonyl (C=O) groups is 2. The van der Waals surface area contributed by atoms with Gasteiger partial charge in [0.05, 0.1) is 5.69 Å². The second kappa shape index (κ2) is 7.48. The molecular formula is C16H14F3NO3S. The van der Waals surface area contributed by atoms with Crippen LogP contribution < -0.4 is 5.32 Å². The molecular weight excluding hydrogens is 343 g/mol. The van der Waals surface area contributed by atoms with Gasteiger partial charge in [-0.1, -0.05) is 6.92 Å². The Balaban J connectivity index is 1.95. The number of rotatable bonds is 5. The Labute approximate surface area is 140 Å². The van der Waals surface area contributed by atoms with Gasteiger partial charge in [0.25, 0.3) is 5.91 Å². The lowest BCUT2D eigenvalue weighted by Crippen LogP contribution is -2.21. The van der Waals surface area contributed by atoms with Gasteiger partial charge >= 0.3 is 5.97 Å². The topological polar surface area (TPSA) is 55.4 Å². The molecule has 4 nitrogen and oxygen atoms in total. The van der Waals surface area contributed by atoms with Crippen molar-refractivity contribution in [3.05, 3.63) is 51.0 Å². The van der Waals surface area contributed by atoms with Crippen LogP contribution in [0.25, 0.3) is 0 Å². The van der Waals surface area contributed by atoms with Gasteiger partial charge in [0.2, 0.25) is 0 Å². The number of hydrogen-bond donors (Lipinski definition) is 1. The summed E-state index contributed by atoms with van der Waals surface area (Å²) in [7, 11) is 0. The second-order valence-electron chi connectivity index (χ2n) is 4.89. The highest BCUT2D eigenvalue weighted by atomic mass is 32.1. The Morgan fingerprint density at radius 2 is 1.92 bits per heavy atom. The van der Waals surface area contributed by atoms with Gasteiger partial charge in [0, 0.05) is 4.88 Å². The lowest BCUT2D eigenvalue weighted by molar-refractivity contribution is -0.119. The fourth-order valence-electron chi connectivity index (χ4n) is 1.98. The molecule has 0 fully saturated rings. The number of anilines is 1. The van der Waals surface area contributed by atoms with Crippen LogP contribution >= 0.6 is 11.3 Å². The maximum Gasteiger partial charge on any atom is 0.348 e. The molecule has 0 spiro atoms. The molecule has 128 valence electrons. The number of ether oxygens (including phenoxy) is 1. The van der Waals surface area contributed by atoms with Crippen molar-refractivity contribution in [1.82, 2.24) is 0 Å². The molecule has 1 heterocycles. The first-order valence-corrected chi connectivity index (χ1v) is 7.84. The molecule has 1 amide bonds. The Morgan fingerprint density at radius 3 is 2.54 bits per heavy atom. The fourth-order valence-corrected chi connectivity index (χ4v) is 2.99. The van der Waals surface area contributed by atoms with Crippen LogP contribution in [0, 0.1) is 24.4 Å². The Bertz CT molecular complexity index is 789. The highest BCUT2D eigenvalue weighted by Gasteiger charge is 2.17. The van der Waals surface area contributed by atoms with E-state index in [1.807, 2.05) is 19.2 Å². The molecule has 0 radical (unpaired) electrons. The zero-order valence-corrected chi connectivity index (χ0v) is 13.7. The molecule has 0 bridgehead atoms. The molecule has 8 heteroatoms. The molecule has 24 heavy (non-hydrogen) atoms. The summed E-state index contributed by atoms with van der Waals surface area (Å²) >= 11 is 1.25. The van der Waals surface area contributed by atoms with E-state index in [4.69, 9.17) is 4.74 Å². The number of hydrogen-bond acceptors (Lipinski definition) is 4. The number of carbonyl (C=O) groups excluding carboxylic acids is 2. The van der Waals surface area contributed by atoms with Gasteiger partial charge in [-0.05, 0) is 37.1 Å². The van der Waals surface area contributed by atoms with Crippen LogP contribution in [0.2, 0.25) is 0 Å². The standard InChI is InChI=1S/C16H14F3NO3S/c1-3-9-6-12(24-8(9)2)16(22)23-7-13(21)20-11-5-4-10(17)14(18)15(11)19/h4-6H,3,7H2,1-2H3,(H,20,21). The predicted molar refractivity (Wildman–Crippen MR) is 83.7 cm³/mol. The Kier molecular flexibility index (Phi) is 5.61. The summed E-state index contributed by atoms with van der Waals surface area (Å²) in [4.78, 5) is 24.9. The van der Waals surface area contributed by atoms with Crippen molar-refractivity contribution < 1.29 is 27.5 Å². The van der Waals surface area contributed by atoms with E-state index in [2.05, 4.69) is 0 Å². The van der Waals surface area contributed by atoms with Crippen LogP contribution in [0.4, 0.5) is 18.9 Å². The van der Waals surface area contributed by atoms with Gasteiger partial charge in [0.15, 0.2) is 24.1 Å². The molecule has 0 unspecified atom stereocenters. The number of thiophene rings is 1. The van der Waals surface area contributed by atoms with Crippen LogP contribution in [0.1, 0.15) is 27.0 Å². The van der Waals surface area contributed by atoms with E-state index in [9.17, 15) is 22.8 Å². The summed E-state index contributed by atoms with van der Waals surface area (Å²) in [6, 6.07) is 3.25. The van der Waals surface area contributed by atoms with E-state index < -0.39 is 41.6 Å². The number of nitrogens with one attached hydrogen (secondary N) is 1. The maximum absolute atomic E-state index is 13.4. The van der Waals surface area contributed by atoms with Gasteiger partial charge < -0.3 is 10.1 Å². The molecule has 1 N–H and O–H groups in total. The van der Waals surface area contributed by atoms with Crippen LogP contribution in [0.15, 0.2) is 18.2 Å². The van der Waals surface area contributed by atoms with Crippen molar-refractivity contribution in [2.75, 3.05) is 11.9 Å². The zero-order valence-electron chi connectivity index (χ0n) is 12.9. The number of esters is 1. The van der Waals surface area contributed by atoms with E-state index in [0.29, 0.717) is 10.9 Å². The number of amides is 1. The van der Waals surface area contributed by atoms with Crippen molar-refractivity contribution in [3.63, 3.8) is 0 Å². The molecule has 0 aliphatic heterocycles.